The van der Waals surface area contributed by atoms with Gasteiger partial charge in [0.25, 0.3) is 0 Å². The molecule has 0 aliphatic heterocycles. The molecule has 22 heavy (non-hydrogen) atoms. The first-order chi connectivity index (χ1) is 9.96. The van der Waals surface area contributed by atoms with E-state index in [-0.39, 0.29) is 23.9 Å². The van der Waals surface area contributed by atoms with Gasteiger partial charge < -0.3 is 11.1 Å². The van der Waals surface area contributed by atoms with E-state index in [9.17, 15) is 4.79 Å². The number of carbonyl (C=O) groups is 1. The molecule has 0 atom stereocenters. The molecule has 1 aromatic carbocycles. The average molecular weight is 327 g/mol. The minimum absolute atomic E-state index is 0. The second-order valence-corrected chi connectivity index (χ2v) is 6.14. The van der Waals surface area contributed by atoms with Gasteiger partial charge in [-0.25, -0.2) is 0 Å². The van der Waals surface area contributed by atoms with Crippen LogP contribution in [0, 0.1) is 0 Å². The zero-order valence-electron chi connectivity index (χ0n) is 14.3. The van der Waals surface area contributed by atoms with Crippen LogP contribution >= 0.6 is 12.4 Å². The van der Waals surface area contributed by atoms with Crippen LogP contribution in [-0.2, 0) is 11.2 Å². The molecule has 3 nitrogen and oxygen atoms in total. The van der Waals surface area contributed by atoms with Crippen LogP contribution in [-0.4, -0.2) is 18.0 Å². The topological polar surface area (TPSA) is 55.1 Å². The Balaban J connectivity index is 0.00000441. The molecular weight excluding hydrogens is 296 g/mol. The first-order valence-corrected chi connectivity index (χ1v) is 8.06. The molecule has 0 aromatic heterocycles. The van der Waals surface area contributed by atoms with Crippen molar-refractivity contribution in [1.29, 1.82) is 0 Å². The van der Waals surface area contributed by atoms with Crippen LogP contribution in [0.25, 0.3) is 0 Å². The first-order valence-electron chi connectivity index (χ1n) is 8.06. The van der Waals surface area contributed by atoms with Crippen molar-refractivity contribution in [2.75, 3.05) is 6.54 Å². The van der Waals surface area contributed by atoms with Crippen molar-refractivity contribution in [3.05, 3.63) is 35.4 Å². The lowest BCUT2D eigenvalue weighted by molar-refractivity contribution is -0.123. The molecule has 0 radical (unpaired) electrons. The van der Waals surface area contributed by atoms with Gasteiger partial charge in [-0.1, -0.05) is 52.0 Å². The molecule has 0 heterocycles. The number of nitrogens with one attached hydrogen (secondary N) is 1. The Morgan fingerprint density at radius 2 is 1.73 bits per heavy atom. The maximum atomic E-state index is 12.1. The van der Waals surface area contributed by atoms with Crippen LogP contribution in [0.2, 0.25) is 0 Å². The fourth-order valence-corrected chi connectivity index (χ4v) is 2.45. The van der Waals surface area contributed by atoms with Gasteiger partial charge in [0.15, 0.2) is 0 Å². The van der Waals surface area contributed by atoms with E-state index >= 15 is 0 Å². The maximum absolute atomic E-state index is 12.1. The van der Waals surface area contributed by atoms with Gasteiger partial charge in [-0.05, 0) is 36.3 Å². The molecule has 0 saturated heterocycles. The third kappa shape index (κ3) is 5.98. The third-order valence-electron chi connectivity index (χ3n) is 4.44. The summed E-state index contributed by atoms with van der Waals surface area (Å²) in [4.78, 5) is 12.1. The first kappa shape index (κ1) is 20.9. The van der Waals surface area contributed by atoms with Crippen molar-refractivity contribution in [3.63, 3.8) is 0 Å². The summed E-state index contributed by atoms with van der Waals surface area (Å²) in [6.45, 7) is 9.01. The lowest BCUT2D eigenvalue weighted by atomic mass is 9.92. The number of hydrogen-bond acceptors (Lipinski definition) is 2. The van der Waals surface area contributed by atoms with Crippen LogP contribution in [0.4, 0.5) is 0 Å². The number of halogens is 1. The van der Waals surface area contributed by atoms with E-state index in [2.05, 4.69) is 57.3 Å². The summed E-state index contributed by atoms with van der Waals surface area (Å²) in [5, 5.41) is 3.12. The van der Waals surface area contributed by atoms with Gasteiger partial charge in [-0.3, -0.25) is 4.79 Å². The molecule has 0 bridgehead atoms. The normalized spacial score (nSPS) is 11.2. The summed E-state index contributed by atoms with van der Waals surface area (Å²) in [6.07, 6.45) is 3.03. The average Bonchev–Trinajstić information content (AvgIpc) is 2.51. The second-order valence-electron chi connectivity index (χ2n) is 6.14. The quantitative estimate of drug-likeness (QED) is 0.763. The molecular formula is C18H31ClN2O. The molecule has 0 fully saturated rings. The van der Waals surface area contributed by atoms with Gasteiger partial charge in [0.1, 0.15) is 0 Å². The monoisotopic (exact) mass is 326 g/mol. The molecule has 126 valence electrons. The number of benzene rings is 1. The molecule has 1 rings (SSSR count). The fourth-order valence-electron chi connectivity index (χ4n) is 2.45. The Labute approximate surface area is 141 Å². The highest BCUT2D eigenvalue weighted by Gasteiger charge is 2.25. The van der Waals surface area contributed by atoms with Gasteiger partial charge >= 0.3 is 0 Å². The predicted octanol–water partition coefficient (Wildman–Crippen LogP) is 3.80. The van der Waals surface area contributed by atoms with Crippen molar-refractivity contribution >= 4 is 18.3 Å². The summed E-state index contributed by atoms with van der Waals surface area (Å²) in [7, 11) is 0. The maximum Gasteiger partial charge on any atom is 0.220 e. The minimum Gasteiger partial charge on any atom is -0.349 e. The van der Waals surface area contributed by atoms with Crippen LogP contribution in [0.1, 0.15) is 64.0 Å². The summed E-state index contributed by atoms with van der Waals surface area (Å²) in [6, 6.07) is 8.55. The van der Waals surface area contributed by atoms with E-state index in [1.807, 2.05) is 0 Å². The van der Waals surface area contributed by atoms with Gasteiger partial charge in [-0.2, -0.15) is 0 Å². The summed E-state index contributed by atoms with van der Waals surface area (Å²) in [5.41, 5.74) is 8.12. The Hall–Kier alpha value is -1.06. The Morgan fingerprint density at radius 3 is 2.14 bits per heavy atom. The highest BCUT2D eigenvalue weighted by molar-refractivity contribution is 5.85. The number of rotatable bonds is 8. The summed E-state index contributed by atoms with van der Waals surface area (Å²) in [5.74, 6) is 0.638. The van der Waals surface area contributed by atoms with Gasteiger partial charge in [-0.15, -0.1) is 12.4 Å². The van der Waals surface area contributed by atoms with Crippen LogP contribution in [0.5, 0.6) is 0 Å². The molecule has 0 spiro atoms. The highest BCUT2D eigenvalue weighted by Crippen LogP contribution is 2.16. The number of carbonyl (C=O) groups excluding carboxylic acids is 1. The number of amides is 1. The molecule has 1 aromatic rings. The van der Waals surface area contributed by atoms with E-state index in [1.165, 1.54) is 11.1 Å². The van der Waals surface area contributed by atoms with Gasteiger partial charge in [0.05, 0.1) is 5.54 Å². The number of hydrogen-bond donors (Lipinski definition) is 2. The summed E-state index contributed by atoms with van der Waals surface area (Å²) < 4.78 is 0. The van der Waals surface area contributed by atoms with Crippen LogP contribution in [0.15, 0.2) is 24.3 Å². The van der Waals surface area contributed by atoms with Crippen molar-refractivity contribution in [2.24, 2.45) is 5.73 Å². The fraction of sp³-hybridized carbons (Fsp3) is 0.611. The SMILES string of the molecule is CCC(CC)(CN)NC(=O)CCc1ccc(C(C)C)cc1.Cl. The molecule has 1 amide bonds. The van der Waals surface area contributed by atoms with Gasteiger partial charge in [0, 0.05) is 13.0 Å². The third-order valence-corrected chi connectivity index (χ3v) is 4.44. The van der Waals surface area contributed by atoms with E-state index in [0.717, 1.165) is 19.3 Å². The number of aryl methyl sites for hydroxylation is 1. The Bertz CT molecular complexity index is 431. The number of nitrogens with two attached hydrogens (primary N) is 1. The van der Waals surface area contributed by atoms with Crippen molar-refractivity contribution in [1.82, 2.24) is 5.32 Å². The minimum atomic E-state index is -0.238. The molecule has 4 heteroatoms. The van der Waals surface area contributed by atoms with Gasteiger partial charge in [0.2, 0.25) is 5.91 Å². The van der Waals surface area contributed by atoms with E-state index < -0.39 is 0 Å². The van der Waals surface area contributed by atoms with Crippen molar-refractivity contribution < 1.29 is 4.79 Å². The van der Waals surface area contributed by atoms with E-state index in [1.54, 1.807) is 0 Å². The van der Waals surface area contributed by atoms with Crippen molar-refractivity contribution in [3.8, 4) is 0 Å². The second kappa shape index (κ2) is 9.86. The zero-order valence-corrected chi connectivity index (χ0v) is 15.1. The van der Waals surface area contributed by atoms with E-state index in [4.69, 9.17) is 5.73 Å². The van der Waals surface area contributed by atoms with Crippen molar-refractivity contribution in [2.45, 2.75) is 64.8 Å². The lowest BCUT2D eigenvalue weighted by Gasteiger charge is -2.31. The molecule has 3 N–H and O–H groups in total. The predicted molar refractivity (Wildman–Crippen MR) is 96.6 cm³/mol. The zero-order chi connectivity index (χ0) is 15.9. The Kier molecular flexibility index (Phi) is 9.38. The molecule has 0 aliphatic carbocycles. The van der Waals surface area contributed by atoms with E-state index in [0.29, 0.717) is 18.9 Å². The largest absolute Gasteiger partial charge is 0.349 e. The highest BCUT2D eigenvalue weighted by atomic mass is 35.5. The molecule has 0 aliphatic rings. The van der Waals surface area contributed by atoms with Crippen LogP contribution < -0.4 is 11.1 Å². The van der Waals surface area contributed by atoms with Crippen LogP contribution in [0.3, 0.4) is 0 Å². The summed E-state index contributed by atoms with van der Waals surface area (Å²) >= 11 is 0. The smallest absolute Gasteiger partial charge is 0.220 e. The lowest BCUT2D eigenvalue weighted by Crippen LogP contribution is -2.52. The molecule has 0 unspecified atom stereocenters. The Morgan fingerprint density at radius 1 is 1.18 bits per heavy atom. The standard InChI is InChI=1S/C18H30N2O.ClH/c1-5-18(6-2,13-19)20-17(21)12-9-15-7-10-16(11-8-15)14(3)4;/h7-8,10-11,14H,5-6,9,12-13,19H2,1-4H3,(H,20,21);1H. The molecule has 0 saturated carbocycles.